The van der Waals surface area contributed by atoms with Crippen LogP contribution in [0.5, 0.6) is 0 Å². The summed E-state index contributed by atoms with van der Waals surface area (Å²) in [5.74, 6) is 1.95. The Hall–Kier alpha value is -1.17. The van der Waals surface area contributed by atoms with Crippen molar-refractivity contribution in [3.05, 3.63) is 0 Å². The van der Waals surface area contributed by atoms with Gasteiger partial charge in [-0.2, -0.15) is 0 Å². The highest BCUT2D eigenvalue weighted by atomic mass is 35.5. The Labute approximate surface area is 121 Å². The van der Waals surface area contributed by atoms with Crippen molar-refractivity contribution in [2.45, 2.75) is 33.7 Å². The Morgan fingerprint density at radius 3 is 2.53 bits per heavy atom. The third kappa shape index (κ3) is 3.89. The van der Waals surface area contributed by atoms with Gasteiger partial charge in [-0.25, -0.2) is 10.0 Å². The van der Waals surface area contributed by atoms with E-state index in [0.717, 1.165) is 25.5 Å². The van der Waals surface area contributed by atoms with Crippen LogP contribution in [0.1, 0.15) is 27.7 Å². The van der Waals surface area contributed by atoms with E-state index in [2.05, 4.69) is 43.1 Å². The fourth-order valence-corrected chi connectivity index (χ4v) is 1.97. The number of hydrogen-bond acceptors (Lipinski definition) is 4. The van der Waals surface area contributed by atoms with Crippen LogP contribution in [-0.4, -0.2) is 47.9 Å². The van der Waals surface area contributed by atoms with Gasteiger partial charge >= 0.3 is 0 Å². The van der Waals surface area contributed by atoms with Crippen LogP contribution < -0.4 is 0 Å². The third-order valence-electron chi connectivity index (χ3n) is 3.14. The molecule has 0 spiro atoms. The zero-order valence-electron chi connectivity index (χ0n) is 12.0. The van der Waals surface area contributed by atoms with Gasteiger partial charge in [-0.3, -0.25) is 9.98 Å². The summed E-state index contributed by atoms with van der Waals surface area (Å²) in [7, 11) is 0. The van der Waals surface area contributed by atoms with Gasteiger partial charge in [-0.15, -0.1) is 12.4 Å². The van der Waals surface area contributed by atoms with Crippen molar-refractivity contribution < 1.29 is 0 Å². The molecule has 0 fully saturated rings. The van der Waals surface area contributed by atoms with Crippen LogP contribution in [0.2, 0.25) is 0 Å². The Morgan fingerprint density at radius 1 is 1.26 bits per heavy atom. The van der Waals surface area contributed by atoms with Crippen LogP contribution >= 0.6 is 12.4 Å². The smallest absolute Gasteiger partial charge is 0.124 e. The summed E-state index contributed by atoms with van der Waals surface area (Å²) in [4.78, 5) is 8.86. The summed E-state index contributed by atoms with van der Waals surface area (Å²) in [5, 5.41) is 12.2. The van der Waals surface area contributed by atoms with Gasteiger partial charge in [-0.1, -0.05) is 27.7 Å². The zero-order valence-corrected chi connectivity index (χ0v) is 12.8. The predicted octanol–water partition coefficient (Wildman–Crippen LogP) is 2.43. The minimum atomic E-state index is 0. The van der Waals surface area contributed by atoms with Gasteiger partial charge in [0.05, 0.1) is 25.7 Å². The van der Waals surface area contributed by atoms with Gasteiger partial charge in [0.15, 0.2) is 0 Å². The lowest BCUT2D eigenvalue weighted by atomic mass is 10.1. The van der Waals surface area contributed by atoms with E-state index in [0.29, 0.717) is 17.9 Å². The number of rotatable bonds is 4. The minimum Gasteiger partial charge on any atom is -0.272 e. The van der Waals surface area contributed by atoms with E-state index in [1.807, 2.05) is 5.01 Å². The summed E-state index contributed by atoms with van der Waals surface area (Å²) in [5.41, 5.74) is 0. The second kappa shape index (κ2) is 6.84. The molecular formula is C12H23ClN6. The normalized spacial score (nSPS) is 22.8. The Kier molecular flexibility index (Phi) is 5.72. The van der Waals surface area contributed by atoms with Crippen LogP contribution in [-0.2, 0) is 0 Å². The lowest BCUT2D eigenvalue weighted by molar-refractivity contribution is 0.329. The molecule has 6 nitrogen and oxygen atoms in total. The molecular weight excluding hydrogens is 264 g/mol. The van der Waals surface area contributed by atoms with Crippen molar-refractivity contribution in [3.63, 3.8) is 0 Å². The Morgan fingerprint density at radius 2 is 2.00 bits per heavy atom. The van der Waals surface area contributed by atoms with Crippen molar-refractivity contribution in [3.8, 4) is 0 Å². The molecule has 2 rings (SSSR count). The van der Waals surface area contributed by atoms with Gasteiger partial charge in [-0.05, 0) is 16.4 Å². The topological polar surface area (TPSA) is 55.9 Å². The molecule has 0 bridgehead atoms. The van der Waals surface area contributed by atoms with Crippen LogP contribution in [0.3, 0.4) is 0 Å². The van der Waals surface area contributed by atoms with E-state index in [1.54, 1.807) is 11.3 Å². The molecule has 19 heavy (non-hydrogen) atoms. The highest BCUT2D eigenvalue weighted by Crippen LogP contribution is 2.20. The maximum Gasteiger partial charge on any atom is 0.124 e. The fourth-order valence-electron chi connectivity index (χ4n) is 1.97. The number of nitrogens with zero attached hydrogens (tertiary/aromatic N) is 6. The molecule has 0 saturated carbocycles. The molecule has 2 aliphatic rings. The van der Waals surface area contributed by atoms with Gasteiger partial charge < -0.3 is 0 Å². The second-order valence-electron chi connectivity index (χ2n) is 5.40. The summed E-state index contributed by atoms with van der Waals surface area (Å²) >= 11 is 0. The first-order chi connectivity index (χ1) is 8.58. The first-order valence-electron chi connectivity index (χ1n) is 6.61. The van der Waals surface area contributed by atoms with Gasteiger partial charge in [0.25, 0.3) is 0 Å². The zero-order chi connectivity index (χ0) is 13.1. The monoisotopic (exact) mass is 286 g/mol. The second-order valence-corrected chi connectivity index (χ2v) is 5.40. The Balaban J connectivity index is 0.00000180. The van der Waals surface area contributed by atoms with E-state index >= 15 is 0 Å². The van der Waals surface area contributed by atoms with Gasteiger partial charge in [0, 0.05) is 5.92 Å². The van der Waals surface area contributed by atoms with Gasteiger partial charge in [0.2, 0.25) is 0 Å². The Bertz CT molecular complexity index is 376. The molecule has 1 unspecified atom stereocenters. The minimum absolute atomic E-state index is 0. The molecule has 0 amide bonds. The number of amidine groups is 1. The first-order valence-corrected chi connectivity index (χ1v) is 6.61. The lowest BCUT2D eigenvalue weighted by Gasteiger charge is -2.17. The standard InChI is InChI=1S/C12H22N6.ClH/c1-9(2)11-7-18(12(14-11)10(3)4)16-15-17-6-5-13-8-17;/h8-11H,5-7H2,1-4H3;1H. The van der Waals surface area contributed by atoms with Crippen LogP contribution in [0.4, 0.5) is 0 Å². The van der Waals surface area contributed by atoms with E-state index in [-0.39, 0.29) is 12.4 Å². The molecule has 0 aromatic carbocycles. The number of aliphatic imine (C=N–C) groups is 2. The average Bonchev–Trinajstić information content (AvgIpc) is 2.95. The molecule has 2 aliphatic heterocycles. The lowest BCUT2D eigenvalue weighted by Crippen LogP contribution is -2.28. The van der Waals surface area contributed by atoms with Crippen LogP contribution in [0.15, 0.2) is 20.4 Å². The molecule has 2 heterocycles. The predicted molar refractivity (Wildman–Crippen MR) is 79.8 cm³/mol. The van der Waals surface area contributed by atoms with Crippen LogP contribution in [0.25, 0.3) is 0 Å². The van der Waals surface area contributed by atoms with Crippen molar-refractivity contribution in [1.82, 2.24) is 10.0 Å². The molecule has 108 valence electrons. The SMILES string of the molecule is CC(C)C1=NC(C(C)C)CN1N=NN1C=NCC1.Cl. The highest BCUT2D eigenvalue weighted by molar-refractivity contribution is 5.85. The van der Waals surface area contributed by atoms with Crippen LogP contribution in [0, 0.1) is 11.8 Å². The summed E-state index contributed by atoms with van der Waals surface area (Å²) in [6.45, 7) is 11.1. The van der Waals surface area contributed by atoms with Crippen molar-refractivity contribution >= 4 is 24.6 Å². The van der Waals surface area contributed by atoms with E-state index < -0.39 is 0 Å². The molecule has 0 N–H and O–H groups in total. The number of halogens is 1. The van der Waals surface area contributed by atoms with E-state index in [1.165, 1.54) is 0 Å². The first kappa shape index (κ1) is 15.9. The molecule has 0 aromatic rings. The van der Waals surface area contributed by atoms with Crippen molar-refractivity contribution in [2.75, 3.05) is 19.6 Å². The summed E-state index contributed by atoms with van der Waals surface area (Å²) < 4.78 is 0. The molecule has 0 radical (unpaired) electrons. The molecule has 7 heteroatoms. The summed E-state index contributed by atoms with van der Waals surface area (Å²) in [6, 6.07) is 0.327. The van der Waals surface area contributed by atoms with Crippen molar-refractivity contribution in [1.29, 1.82) is 0 Å². The third-order valence-corrected chi connectivity index (χ3v) is 3.14. The molecule has 0 saturated heterocycles. The maximum absolute atomic E-state index is 4.75. The molecule has 0 aliphatic carbocycles. The molecule has 1 atom stereocenters. The average molecular weight is 287 g/mol. The summed E-state index contributed by atoms with van der Waals surface area (Å²) in [6.07, 6.45) is 1.73. The van der Waals surface area contributed by atoms with Crippen molar-refractivity contribution in [2.24, 2.45) is 32.3 Å². The largest absolute Gasteiger partial charge is 0.272 e. The quantitative estimate of drug-likeness (QED) is 0.745. The number of hydrogen-bond donors (Lipinski definition) is 0. The maximum atomic E-state index is 4.75. The highest BCUT2D eigenvalue weighted by Gasteiger charge is 2.29. The van der Waals surface area contributed by atoms with Gasteiger partial charge in [0.1, 0.15) is 12.2 Å². The fraction of sp³-hybridized carbons (Fsp3) is 0.833. The van der Waals surface area contributed by atoms with E-state index in [4.69, 9.17) is 4.99 Å². The molecule has 0 aromatic heterocycles. The van der Waals surface area contributed by atoms with E-state index in [9.17, 15) is 0 Å².